The second-order valence-corrected chi connectivity index (χ2v) is 6.06. The number of hydrogen-bond acceptors (Lipinski definition) is 5. The summed E-state index contributed by atoms with van der Waals surface area (Å²) in [5.41, 5.74) is 1.27. The number of thioether (sulfide) groups is 1. The van der Waals surface area contributed by atoms with Gasteiger partial charge in [0, 0.05) is 30.4 Å². The average Bonchev–Trinajstić information content (AvgIpc) is 2.82. The van der Waals surface area contributed by atoms with Crippen molar-refractivity contribution in [3.05, 3.63) is 17.3 Å². The van der Waals surface area contributed by atoms with Gasteiger partial charge in [0.05, 0.1) is 5.69 Å². The van der Waals surface area contributed by atoms with Crippen LogP contribution in [0.3, 0.4) is 0 Å². The Morgan fingerprint density at radius 3 is 3.06 bits per heavy atom. The molecule has 0 aliphatic rings. The van der Waals surface area contributed by atoms with Gasteiger partial charge in [-0.05, 0) is 21.1 Å². The maximum Gasteiger partial charge on any atom is 0.194 e. The van der Waals surface area contributed by atoms with Gasteiger partial charge in [-0.1, -0.05) is 0 Å². The molecule has 0 fully saturated rings. The molecule has 0 saturated carbocycles. The van der Waals surface area contributed by atoms with Crippen LogP contribution in [0.15, 0.2) is 16.6 Å². The summed E-state index contributed by atoms with van der Waals surface area (Å²) in [6.07, 6.45) is 2.09. The first-order chi connectivity index (χ1) is 8.22. The zero-order valence-electron chi connectivity index (χ0n) is 10.4. The van der Waals surface area contributed by atoms with Gasteiger partial charge in [0.25, 0.3) is 0 Å². The van der Waals surface area contributed by atoms with E-state index in [1.165, 1.54) is 5.69 Å². The van der Waals surface area contributed by atoms with Gasteiger partial charge < -0.3 is 10.2 Å². The molecule has 0 aromatic carbocycles. The van der Waals surface area contributed by atoms with Crippen molar-refractivity contribution in [2.45, 2.75) is 11.6 Å². The Morgan fingerprint density at radius 2 is 2.35 bits per heavy atom. The zero-order valence-corrected chi connectivity index (χ0v) is 12.1. The molecule has 94 valence electrons. The van der Waals surface area contributed by atoms with Gasteiger partial charge in [0.15, 0.2) is 4.96 Å². The highest BCUT2D eigenvalue weighted by atomic mass is 32.2. The molecule has 0 radical (unpaired) electrons. The Balaban J connectivity index is 2.14. The van der Waals surface area contributed by atoms with Crippen LogP contribution in [0.2, 0.25) is 0 Å². The third kappa shape index (κ3) is 3.01. The first-order valence-corrected chi connectivity index (χ1v) is 7.45. The van der Waals surface area contributed by atoms with Crippen molar-refractivity contribution in [3.8, 4) is 0 Å². The first kappa shape index (κ1) is 12.9. The lowest BCUT2D eigenvalue weighted by molar-refractivity contribution is 0.437. The van der Waals surface area contributed by atoms with Gasteiger partial charge in [-0.25, -0.2) is 4.98 Å². The van der Waals surface area contributed by atoms with Gasteiger partial charge in [-0.15, -0.1) is 23.1 Å². The number of fused-ring (bicyclic) bond motifs is 1. The van der Waals surface area contributed by atoms with E-state index in [9.17, 15) is 0 Å². The van der Waals surface area contributed by atoms with Crippen molar-refractivity contribution in [2.75, 3.05) is 33.4 Å². The van der Waals surface area contributed by atoms with Crippen molar-refractivity contribution < 1.29 is 0 Å². The third-order valence-electron chi connectivity index (χ3n) is 2.45. The van der Waals surface area contributed by atoms with E-state index in [1.807, 2.05) is 18.8 Å². The molecule has 2 aromatic heterocycles. The van der Waals surface area contributed by atoms with Crippen molar-refractivity contribution in [3.63, 3.8) is 0 Å². The number of nitrogens with zero attached hydrogens (tertiary/aromatic N) is 3. The Hall–Kier alpha value is -0.560. The Morgan fingerprint density at radius 1 is 1.53 bits per heavy atom. The Bertz CT molecular complexity index is 475. The van der Waals surface area contributed by atoms with Crippen molar-refractivity contribution in [1.29, 1.82) is 0 Å². The maximum absolute atomic E-state index is 4.67. The molecule has 0 saturated heterocycles. The number of imidazole rings is 1. The van der Waals surface area contributed by atoms with E-state index >= 15 is 0 Å². The molecule has 2 aromatic rings. The monoisotopic (exact) mass is 270 g/mol. The smallest absolute Gasteiger partial charge is 0.194 e. The fourth-order valence-electron chi connectivity index (χ4n) is 1.58. The number of hydrogen-bond donors (Lipinski definition) is 1. The van der Waals surface area contributed by atoms with Gasteiger partial charge in [0.1, 0.15) is 5.03 Å². The minimum Gasteiger partial charge on any atom is -0.314 e. The van der Waals surface area contributed by atoms with Crippen LogP contribution in [-0.4, -0.2) is 47.7 Å². The van der Waals surface area contributed by atoms with Crippen LogP contribution < -0.4 is 5.32 Å². The molecule has 0 aliphatic heterocycles. The summed E-state index contributed by atoms with van der Waals surface area (Å²) in [5, 5.41) is 6.45. The molecule has 17 heavy (non-hydrogen) atoms. The summed E-state index contributed by atoms with van der Waals surface area (Å²) in [6, 6.07) is 0. The molecule has 0 spiro atoms. The highest BCUT2D eigenvalue weighted by Gasteiger charge is 2.12. The van der Waals surface area contributed by atoms with E-state index in [1.54, 1.807) is 11.3 Å². The highest BCUT2D eigenvalue weighted by molar-refractivity contribution is 7.99. The van der Waals surface area contributed by atoms with Crippen LogP contribution >= 0.6 is 23.1 Å². The SMILES string of the molecule is CNCc1c(SCCN(C)C)nc2sccn12. The molecule has 2 rings (SSSR count). The number of aromatic nitrogens is 2. The largest absolute Gasteiger partial charge is 0.314 e. The van der Waals surface area contributed by atoms with Crippen LogP contribution in [0.1, 0.15) is 5.69 Å². The molecular formula is C11H18N4S2. The Labute approximate surface area is 110 Å². The topological polar surface area (TPSA) is 32.6 Å². The van der Waals surface area contributed by atoms with Crippen LogP contribution in [0.25, 0.3) is 4.96 Å². The van der Waals surface area contributed by atoms with Gasteiger partial charge in [-0.3, -0.25) is 4.40 Å². The van der Waals surface area contributed by atoms with Crippen LogP contribution in [0, 0.1) is 0 Å². The fourth-order valence-corrected chi connectivity index (χ4v) is 3.51. The third-order valence-corrected chi connectivity index (χ3v) is 4.19. The lowest BCUT2D eigenvalue weighted by Crippen LogP contribution is -2.15. The summed E-state index contributed by atoms with van der Waals surface area (Å²) in [6.45, 7) is 1.94. The van der Waals surface area contributed by atoms with Gasteiger partial charge >= 0.3 is 0 Å². The summed E-state index contributed by atoms with van der Waals surface area (Å²) < 4.78 is 2.18. The molecule has 0 unspecified atom stereocenters. The van der Waals surface area contributed by atoms with Gasteiger partial charge in [-0.2, -0.15) is 0 Å². The average molecular weight is 270 g/mol. The molecule has 6 heteroatoms. The number of rotatable bonds is 6. The normalized spacial score (nSPS) is 11.8. The molecule has 0 bridgehead atoms. The number of thiazole rings is 1. The van der Waals surface area contributed by atoms with E-state index in [0.29, 0.717) is 0 Å². The molecule has 0 amide bonds. The molecule has 0 atom stereocenters. The second-order valence-electron chi connectivity index (χ2n) is 4.10. The standard InChI is InChI=1S/C11H18N4S2/c1-12-8-9-10(16-6-4-14(2)3)13-11-15(9)5-7-17-11/h5,7,12H,4,6,8H2,1-3H3. The lowest BCUT2D eigenvalue weighted by Gasteiger charge is -2.08. The van der Waals surface area contributed by atoms with Gasteiger partial charge in [0.2, 0.25) is 0 Å². The summed E-state index contributed by atoms with van der Waals surface area (Å²) >= 11 is 3.53. The molecule has 4 nitrogen and oxygen atoms in total. The minimum atomic E-state index is 0.863. The number of nitrogens with one attached hydrogen (secondary N) is 1. The first-order valence-electron chi connectivity index (χ1n) is 5.59. The Kier molecular flexibility index (Phi) is 4.44. The summed E-state index contributed by atoms with van der Waals surface area (Å²) in [7, 11) is 6.17. The zero-order chi connectivity index (χ0) is 12.3. The molecule has 1 N–H and O–H groups in total. The van der Waals surface area contributed by atoms with E-state index in [4.69, 9.17) is 0 Å². The maximum atomic E-state index is 4.67. The van der Waals surface area contributed by atoms with E-state index < -0.39 is 0 Å². The van der Waals surface area contributed by atoms with Crippen LogP contribution in [0.5, 0.6) is 0 Å². The van der Waals surface area contributed by atoms with Crippen LogP contribution in [-0.2, 0) is 6.54 Å². The summed E-state index contributed by atoms with van der Waals surface area (Å²) in [5.74, 6) is 1.08. The highest BCUT2D eigenvalue weighted by Crippen LogP contribution is 2.25. The minimum absolute atomic E-state index is 0.863. The predicted molar refractivity (Wildman–Crippen MR) is 75.1 cm³/mol. The molecular weight excluding hydrogens is 252 g/mol. The van der Waals surface area contributed by atoms with E-state index in [0.717, 1.165) is 28.8 Å². The van der Waals surface area contributed by atoms with Crippen molar-refractivity contribution in [1.82, 2.24) is 19.6 Å². The predicted octanol–water partition coefficient (Wildman–Crippen LogP) is 1.77. The van der Waals surface area contributed by atoms with Crippen LogP contribution in [0.4, 0.5) is 0 Å². The second kappa shape index (κ2) is 5.86. The molecule has 2 heterocycles. The molecule has 0 aliphatic carbocycles. The lowest BCUT2D eigenvalue weighted by atomic mass is 10.5. The van der Waals surface area contributed by atoms with E-state index in [-0.39, 0.29) is 0 Å². The quantitative estimate of drug-likeness (QED) is 0.811. The van der Waals surface area contributed by atoms with E-state index in [2.05, 4.69) is 45.3 Å². The van der Waals surface area contributed by atoms with Crippen molar-refractivity contribution >= 4 is 28.1 Å². The summed E-state index contributed by atoms with van der Waals surface area (Å²) in [4.78, 5) is 7.96. The fraction of sp³-hybridized carbons (Fsp3) is 0.545. The van der Waals surface area contributed by atoms with Crippen molar-refractivity contribution in [2.24, 2.45) is 0 Å².